The highest BCUT2D eigenvalue weighted by molar-refractivity contribution is 6.00. The number of carbonyl (C=O) groups excluding carboxylic acids is 1. The van der Waals surface area contributed by atoms with Gasteiger partial charge in [0.05, 0.1) is 5.56 Å². The van der Waals surface area contributed by atoms with E-state index in [0.717, 1.165) is 44.1 Å². The molecule has 8 nitrogen and oxygen atoms in total. The maximum Gasteiger partial charge on any atom is 0.416 e. The SMILES string of the molecule is Cc1cc(C(F)(F)F)ccc1NC(=O)Nc1ccc(Oc2cc(N3CCN(C)CC3)ncn2)cc1. The minimum Gasteiger partial charge on any atom is -0.439 e. The Labute approximate surface area is 200 Å². The highest BCUT2D eigenvalue weighted by Gasteiger charge is 2.30. The molecule has 2 heterocycles. The number of piperazine rings is 1. The third-order valence-electron chi connectivity index (χ3n) is 5.59. The number of aryl methyl sites for hydroxylation is 1. The average molecular weight is 486 g/mol. The van der Waals surface area contributed by atoms with Gasteiger partial charge >= 0.3 is 12.2 Å². The molecule has 0 saturated carbocycles. The Hall–Kier alpha value is -3.86. The van der Waals surface area contributed by atoms with Crippen LogP contribution < -0.4 is 20.3 Å². The molecule has 1 aliphatic heterocycles. The van der Waals surface area contributed by atoms with Crippen LogP contribution in [0.2, 0.25) is 0 Å². The summed E-state index contributed by atoms with van der Waals surface area (Å²) in [6.07, 6.45) is -2.97. The number of nitrogens with one attached hydrogen (secondary N) is 2. The summed E-state index contributed by atoms with van der Waals surface area (Å²) < 4.78 is 44.3. The van der Waals surface area contributed by atoms with Gasteiger partial charge < -0.3 is 25.2 Å². The summed E-state index contributed by atoms with van der Waals surface area (Å²) in [5.41, 5.74) is 0.311. The summed E-state index contributed by atoms with van der Waals surface area (Å²) in [6, 6.07) is 11.0. The highest BCUT2D eigenvalue weighted by atomic mass is 19.4. The van der Waals surface area contributed by atoms with Gasteiger partial charge in [-0.25, -0.2) is 14.8 Å². The van der Waals surface area contributed by atoms with Crippen molar-refractivity contribution < 1.29 is 22.7 Å². The van der Waals surface area contributed by atoms with Crippen molar-refractivity contribution in [3.63, 3.8) is 0 Å². The second-order valence-corrected chi connectivity index (χ2v) is 8.24. The quantitative estimate of drug-likeness (QED) is 0.529. The number of benzene rings is 2. The normalized spacial score (nSPS) is 14.5. The van der Waals surface area contributed by atoms with Crippen molar-refractivity contribution in [2.24, 2.45) is 0 Å². The molecule has 0 bridgehead atoms. The predicted octanol–water partition coefficient (Wildman–Crippen LogP) is 4.99. The second kappa shape index (κ2) is 10.2. The fourth-order valence-electron chi connectivity index (χ4n) is 3.59. The van der Waals surface area contributed by atoms with E-state index < -0.39 is 17.8 Å². The summed E-state index contributed by atoms with van der Waals surface area (Å²) >= 11 is 0. The van der Waals surface area contributed by atoms with Crippen LogP contribution in [0.1, 0.15) is 11.1 Å². The van der Waals surface area contributed by atoms with Crippen LogP contribution in [0.25, 0.3) is 0 Å². The molecule has 1 aromatic heterocycles. The molecule has 2 amide bonds. The number of ether oxygens (including phenoxy) is 1. The van der Waals surface area contributed by atoms with Crippen molar-refractivity contribution in [1.82, 2.24) is 14.9 Å². The number of carbonyl (C=O) groups is 1. The van der Waals surface area contributed by atoms with Crippen molar-refractivity contribution in [3.8, 4) is 11.6 Å². The third kappa shape index (κ3) is 6.38. The molecule has 1 fully saturated rings. The molecule has 4 rings (SSSR count). The van der Waals surface area contributed by atoms with E-state index >= 15 is 0 Å². The first kappa shape index (κ1) is 24.3. The largest absolute Gasteiger partial charge is 0.439 e. The Bertz CT molecular complexity index is 1180. The van der Waals surface area contributed by atoms with Crippen molar-refractivity contribution in [1.29, 1.82) is 0 Å². The molecule has 1 saturated heterocycles. The van der Waals surface area contributed by atoms with Crippen LogP contribution in [0.4, 0.5) is 35.2 Å². The zero-order valence-corrected chi connectivity index (χ0v) is 19.3. The monoisotopic (exact) mass is 486 g/mol. The zero-order chi connectivity index (χ0) is 25.0. The standard InChI is InChI=1S/C24H25F3N6O2/c1-16-13-17(24(25,26)27)3-8-20(16)31-23(34)30-18-4-6-19(7-5-18)35-22-14-21(28-15-29-22)33-11-9-32(2)10-12-33/h3-8,13-15H,9-12H2,1-2H3,(H2,30,31,34). The Balaban J connectivity index is 1.34. The van der Waals surface area contributed by atoms with Crippen LogP contribution in [0.3, 0.4) is 0 Å². The summed E-state index contributed by atoms with van der Waals surface area (Å²) in [7, 11) is 2.09. The van der Waals surface area contributed by atoms with Crippen LogP contribution in [-0.4, -0.2) is 54.1 Å². The number of alkyl halides is 3. The number of urea groups is 1. The Morgan fingerprint density at radius 2 is 1.69 bits per heavy atom. The lowest BCUT2D eigenvalue weighted by atomic mass is 10.1. The van der Waals surface area contributed by atoms with Gasteiger partial charge in [0.15, 0.2) is 0 Å². The molecule has 2 N–H and O–H groups in total. The van der Waals surface area contributed by atoms with E-state index in [9.17, 15) is 18.0 Å². The Kier molecular flexibility index (Phi) is 7.06. The molecule has 35 heavy (non-hydrogen) atoms. The number of rotatable bonds is 5. The number of halogens is 3. The number of likely N-dealkylation sites (N-methyl/N-ethyl adjacent to an activating group) is 1. The number of anilines is 3. The van der Waals surface area contributed by atoms with Gasteiger partial charge in [0, 0.05) is 43.6 Å². The molecular weight excluding hydrogens is 461 g/mol. The van der Waals surface area contributed by atoms with E-state index in [4.69, 9.17) is 4.74 Å². The molecule has 184 valence electrons. The van der Waals surface area contributed by atoms with Gasteiger partial charge in [-0.2, -0.15) is 13.2 Å². The Morgan fingerprint density at radius 3 is 2.34 bits per heavy atom. The van der Waals surface area contributed by atoms with Crippen LogP contribution in [0.15, 0.2) is 54.9 Å². The molecule has 0 radical (unpaired) electrons. The molecule has 3 aromatic rings. The maximum absolute atomic E-state index is 12.8. The molecule has 0 unspecified atom stereocenters. The lowest BCUT2D eigenvalue weighted by Crippen LogP contribution is -2.44. The van der Waals surface area contributed by atoms with Gasteiger partial charge in [0.25, 0.3) is 0 Å². The number of hydrogen-bond acceptors (Lipinski definition) is 6. The minimum absolute atomic E-state index is 0.287. The Morgan fingerprint density at radius 1 is 0.971 bits per heavy atom. The number of amides is 2. The van der Waals surface area contributed by atoms with Gasteiger partial charge in [-0.3, -0.25) is 0 Å². The molecule has 0 atom stereocenters. The number of nitrogens with zero attached hydrogens (tertiary/aromatic N) is 4. The number of hydrogen-bond donors (Lipinski definition) is 2. The van der Waals surface area contributed by atoms with E-state index in [2.05, 4.69) is 37.4 Å². The fraction of sp³-hybridized carbons (Fsp3) is 0.292. The van der Waals surface area contributed by atoms with E-state index in [1.165, 1.54) is 19.3 Å². The van der Waals surface area contributed by atoms with Crippen LogP contribution in [-0.2, 0) is 6.18 Å². The van der Waals surface area contributed by atoms with Crippen LogP contribution in [0.5, 0.6) is 11.6 Å². The molecule has 0 spiro atoms. The average Bonchev–Trinajstić information content (AvgIpc) is 2.82. The van der Waals surface area contributed by atoms with Crippen LogP contribution in [0, 0.1) is 6.92 Å². The van der Waals surface area contributed by atoms with Gasteiger partial charge in [-0.15, -0.1) is 0 Å². The maximum atomic E-state index is 12.8. The van der Waals surface area contributed by atoms with E-state index in [1.54, 1.807) is 30.3 Å². The predicted molar refractivity (Wildman–Crippen MR) is 127 cm³/mol. The zero-order valence-electron chi connectivity index (χ0n) is 19.3. The molecule has 2 aromatic carbocycles. The third-order valence-corrected chi connectivity index (χ3v) is 5.59. The van der Waals surface area contributed by atoms with Crippen LogP contribution >= 0.6 is 0 Å². The lowest BCUT2D eigenvalue weighted by Gasteiger charge is -2.33. The first-order chi connectivity index (χ1) is 16.7. The van der Waals surface area contributed by atoms with Gasteiger partial charge in [-0.1, -0.05) is 0 Å². The van der Waals surface area contributed by atoms with Crippen molar-refractivity contribution in [3.05, 3.63) is 66.0 Å². The lowest BCUT2D eigenvalue weighted by molar-refractivity contribution is -0.137. The van der Waals surface area contributed by atoms with Gasteiger partial charge in [-0.05, 0) is 62.0 Å². The number of aromatic nitrogens is 2. The molecule has 11 heteroatoms. The fourth-order valence-corrected chi connectivity index (χ4v) is 3.59. The van der Waals surface area contributed by atoms with Crippen molar-refractivity contribution in [2.75, 3.05) is 48.8 Å². The molecule has 1 aliphatic rings. The van der Waals surface area contributed by atoms with Crippen molar-refractivity contribution in [2.45, 2.75) is 13.1 Å². The summed E-state index contributed by atoms with van der Waals surface area (Å²) in [5, 5.41) is 5.20. The second-order valence-electron chi connectivity index (χ2n) is 8.24. The first-order valence-electron chi connectivity index (χ1n) is 11.0. The van der Waals surface area contributed by atoms with Gasteiger partial charge in [0.2, 0.25) is 5.88 Å². The molecular formula is C24H25F3N6O2. The summed E-state index contributed by atoms with van der Waals surface area (Å²) in [4.78, 5) is 25.2. The molecule has 0 aliphatic carbocycles. The smallest absolute Gasteiger partial charge is 0.416 e. The van der Waals surface area contributed by atoms with E-state index in [-0.39, 0.29) is 5.69 Å². The van der Waals surface area contributed by atoms with E-state index in [1.807, 2.05) is 0 Å². The minimum atomic E-state index is -4.44. The summed E-state index contributed by atoms with van der Waals surface area (Å²) in [6.45, 7) is 5.17. The topological polar surface area (TPSA) is 82.6 Å². The summed E-state index contributed by atoms with van der Waals surface area (Å²) in [5.74, 6) is 1.74. The highest BCUT2D eigenvalue weighted by Crippen LogP contribution is 2.31. The van der Waals surface area contributed by atoms with Crippen molar-refractivity contribution >= 4 is 23.2 Å². The van der Waals surface area contributed by atoms with E-state index in [0.29, 0.717) is 22.9 Å². The first-order valence-corrected chi connectivity index (χ1v) is 11.0. The van der Waals surface area contributed by atoms with Gasteiger partial charge in [0.1, 0.15) is 17.9 Å².